The van der Waals surface area contributed by atoms with Gasteiger partial charge < -0.3 is 4.74 Å². The lowest BCUT2D eigenvalue weighted by Gasteiger charge is -2.37. The molecule has 0 bridgehead atoms. The minimum Gasteiger partial charge on any atom is -0.456 e. The maximum absolute atomic E-state index is 11.4. The van der Waals surface area contributed by atoms with Crippen molar-refractivity contribution >= 4 is 5.97 Å². The highest BCUT2D eigenvalue weighted by Gasteiger charge is 2.35. The average molecular weight is 240 g/mol. The summed E-state index contributed by atoms with van der Waals surface area (Å²) in [7, 11) is 0. The molecule has 0 aromatic heterocycles. The zero-order valence-corrected chi connectivity index (χ0v) is 11.9. The van der Waals surface area contributed by atoms with E-state index < -0.39 is 0 Å². The number of rotatable bonds is 9. The number of hydrogen-bond acceptors (Lipinski definition) is 2. The van der Waals surface area contributed by atoms with Crippen LogP contribution in [0.25, 0.3) is 0 Å². The smallest absolute Gasteiger partial charge is 0.330 e. The molecule has 1 unspecified atom stereocenters. The van der Waals surface area contributed by atoms with Gasteiger partial charge in [-0.25, -0.2) is 4.79 Å². The highest BCUT2D eigenvalue weighted by Crippen LogP contribution is 2.33. The Morgan fingerprint density at radius 3 is 2.29 bits per heavy atom. The fourth-order valence-corrected chi connectivity index (χ4v) is 2.40. The van der Waals surface area contributed by atoms with Crippen molar-refractivity contribution in [3.8, 4) is 0 Å². The number of esters is 1. The molecule has 0 aliphatic carbocycles. The molecule has 0 aliphatic rings. The molecule has 0 aromatic rings. The minimum atomic E-state index is -0.307. The van der Waals surface area contributed by atoms with Crippen molar-refractivity contribution in [2.45, 2.75) is 71.8 Å². The normalized spacial score (nSPS) is 13.2. The van der Waals surface area contributed by atoms with E-state index in [2.05, 4.69) is 34.3 Å². The summed E-state index contributed by atoms with van der Waals surface area (Å²) >= 11 is 0. The molecule has 0 N–H and O–H groups in total. The third-order valence-electron chi connectivity index (χ3n) is 3.81. The molecule has 0 rings (SSSR count). The number of carbonyl (C=O) groups excluding carboxylic acids is 1. The summed E-state index contributed by atoms with van der Waals surface area (Å²) in [5.41, 5.74) is -0.307. The van der Waals surface area contributed by atoms with Gasteiger partial charge in [0, 0.05) is 6.08 Å². The maximum Gasteiger partial charge on any atom is 0.330 e. The second-order valence-corrected chi connectivity index (χ2v) is 4.79. The van der Waals surface area contributed by atoms with Gasteiger partial charge in [-0.2, -0.15) is 0 Å². The van der Waals surface area contributed by atoms with E-state index in [1.54, 1.807) is 0 Å². The Labute approximate surface area is 106 Å². The summed E-state index contributed by atoms with van der Waals surface area (Å²) in [5.74, 6) is 0.115. The molecule has 0 saturated heterocycles. The van der Waals surface area contributed by atoms with Crippen LogP contribution in [0.15, 0.2) is 12.7 Å². The molecule has 17 heavy (non-hydrogen) atoms. The molecule has 2 heteroatoms. The Morgan fingerprint density at radius 2 is 1.88 bits per heavy atom. The van der Waals surface area contributed by atoms with Crippen molar-refractivity contribution < 1.29 is 9.53 Å². The third-order valence-corrected chi connectivity index (χ3v) is 3.81. The van der Waals surface area contributed by atoms with Gasteiger partial charge in [0.15, 0.2) is 0 Å². The SMILES string of the molecule is C=CC(=O)OC(CC)(CC)C(C)CCCCC. The summed E-state index contributed by atoms with van der Waals surface area (Å²) in [5, 5.41) is 0. The Bertz CT molecular complexity index is 229. The molecule has 0 amide bonds. The van der Waals surface area contributed by atoms with Crippen molar-refractivity contribution in [1.82, 2.24) is 0 Å². The number of hydrogen-bond donors (Lipinski definition) is 0. The largest absolute Gasteiger partial charge is 0.456 e. The fourth-order valence-electron chi connectivity index (χ4n) is 2.40. The monoisotopic (exact) mass is 240 g/mol. The zero-order chi connectivity index (χ0) is 13.3. The van der Waals surface area contributed by atoms with E-state index in [0.717, 1.165) is 19.3 Å². The van der Waals surface area contributed by atoms with Crippen LogP contribution in [0.3, 0.4) is 0 Å². The Hall–Kier alpha value is -0.790. The Balaban J connectivity index is 4.55. The first-order valence-corrected chi connectivity index (χ1v) is 6.91. The van der Waals surface area contributed by atoms with Crippen LogP contribution < -0.4 is 0 Å². The van der Waals surface area contributed by atoms with Gasteiger partial charge >= 0.3 is 5.97 Å². The van der Waals surface area contributed by atoms with Gasteiger partial charge in [0.05, 0.1) is 0 Å². The van der Waals surface area contributed by atoms with Gasteiger partial charge in [0.1, 0.15) is 5.60 Å². The van der Waals surface area contributed by atoms with Gasteiger partial charge in [-0.05, 0) is 25.2 Å². The van der Waals surface area contributed by atoms with E-state index in [1.807, 2.05) is 0 Å². The number of ether oxygens (including phenoxy) is 1. The predicted molar refractivity (Wildman–Crippen MR) is 72.9 cm³/mol. The van der Waals surface area contributed by atoms with E-state index in [4.69, 9.17) is 4.74 Å². The minimum absolute atomic E-state index is 0.295. The maximum atomic E-state index is 11.4. The molecule has 0 aliphatic heterocycles. The topological polar surface area (TPSA) is 26.3 Å². The van der Waals surface area contributed by atoms with Crippen LogP contribution in [-0.4, -0.2) is 11.6 Å². The van der Waals surface area contributed by atoms with Crippen LogP contribution in [0, 0.1) is 5.92 Å². The van der Waals surface area contributed by atoms with Gasteiger partial charge in [-0.3, -0.25) is 0 Å². The van der Waals surface area contributed by atoms with Gasteiger partial charge in [0.25, 0.3) is 0 Å². The number of carbonyl (C=O) groups is 1. The quantitative estimate of drug-likeness (QED) is 0.337. The Morgan fingerprint density at radius 1 is 1.29 bits per heavy atom. The Kier molecular flexibility index (Phi) is 7.94. The van der Waals surface area contributed by atoms with Crippen LogP contribution in [0.1, 0.15) is 66.2 Å². The van der Waals surface area contributed by atoms with Crippen molar-refractivity contribution in [3.63, 3.8) is 0 Å². The summed E-state index contributed by atoms with van der Waals surface area (Å²) in [6, 6.07) is 0. The molecule has 0 saturated carbocycles. The molecular formula is C15H28O2. The summed E-state index contributed by atoms with van der Waals surface area (Å²) in [4.78, 5) is 11.4. The molecule has 0 radical (unpaired) electrons. The van der Waals surface area contributed by atoms with E-state index in [-0.39, 0.29) is 11.6 Å². The van der Waals surface area contributed by atoms with Gasteiger partial charge in [0.2, 0.25) is 0 Å². The highest BCUT2D eigenvalue weighted by molar-refractivity contribution is 5.81. The highest BCUT2D eigenvalue weighted by atomic mass is 16.6. The van der Waals surface area contributed by atoms with Gasteiger partial charge in [-0.15, -0.1) is 0 Å². The third kappa shape index (κ3) is 4.93. The second kappa shape index (κ2) is 8.32. The molecule has 0 heterocycles. The average Bonchev–Trinajstić information content (AvgIpc) is 2.35. The molecule has 100 valence electrons. The summed E-state index contributed by atoms with van der Waals surface area (Å²) in [6.07, 6.45) is 7.82. The van der Waals surface area contributed by atoms with Crippen LogP contribution in [0.4, 0.5) is 0 Å². The molecular weight excluding hydrogens is 212 g/mol. The first kappa shape index (κ1) is 16.2. The standard InChI is InChI=1S/C15H28O2/c1-6-10-11-12-13(5)15(8-3,9-4)17-14(16)7-2/h7,13H,2,6,8-12H2,1,3-5H3. The van der Waals surface area contributed by atoms with Crippen molar-refractivity contribution in [2.75, 3.05) is 0 Å². The lowest BCUT2D eigenvalue weighted by Crippen LogP contribution is -2.40. The summed E-state index contributed by atoms with van der Waals surface area (Å²) in [6.45, 7) is 12.1. The van der Waals surface area contributed by atoms with Crippen LogP contribution in [-0.2, 0) is 9.53 Å². The fraction of sp³-hybridized carbons (Fsp3) is 0.800. The molecule has 1 atom stereocenters. The second-order valence-electron chi connectivity index (χ2n) is 4.79. The van der Waals surface area contributed by atoms with Gasteiger partial charge in [-0.1, -0.05) is 53.5 Å². The van der Waals surface area contributed by atoms with Crippen LogP contribution in [0.5, 0.6) is 0 Å². The zero-order valence-electron chi connectivity index (χ0n) is 11.9. The molecule has 0 spiro atoms. The van der Waals surface area contributed by atoms with Crippen LogP contribution in [0.2, 0.25) is 0 Å². The molecule has 0 fully saturated rings. The van der Waals surface area contributed by atoms with Crippen molar-refractivity contribution in [3.05, 3.63) is 12.7 Å². The lowest BCUT2D eigenvalue weighted by molar-refractivity contribution is -0.161. The first-order chi connectivity index (χ1) is 8.06. The van der Waals surface area contributed by atoms with Crippen molar-refractivity contribution in [2.24, 2.45) is 5.92 Å². The van der Waals surface area contributed by atoms with Crippen LogP contribution >= 0.6 is 0 Å². The van der Waals surface area contributed by atoms with E-state index in [0.29, 0.717) is 5.92 Å². The van der Waals surface area contributed by atoms with E-state index in [9.17, 15) is 4.79 Å². The van der Waals surface area contributed by atoms with E-state index >= 15 is 0 Å². The number of unbranched alkanes of at least 4 members (excludes halogenated alkanes) is 2. The summed E-state index contributed by atoms with van der Waals surface area (Å²) < 4.78 is 5.62. The van der Waals surface area contributed by atoms with Crippen molar-refractivity contribution in [1.29, 1.82) is 0 Å². The van der Waals surface area contributed by atoms with E-state index in [1.165, 1.54) is 25.3 Å². The predicted octanol–water partition coefficient (Wildman–Crippen LogP) is 4.49. The molecule has 2 nitrogen and oxygen atoms in total. The lowest BCUT2D eigenvalue weighted by atomic mass is 9.80. The molecule has 0 aromatic carbocycles. The first-order valence-electron chi connectivity index (χ1n) is 6.91.